The Bertz CT molecular complexity index is 1100. The monoisotopic (exact) mass is 484 g/mol. The zero-order valence-corrected chi connectivity index (χ0v) is 20.0. The number of thioether (sulfide) groups is 1. The number of carbonyl (C=O) groups is 1. The molecule has 2 heterocycles. The summed E-state index contributed by atoms with van der Waals surface area (Å²) in [6.45, 7) is 1.17. The van der Waals surface area contributed by atoms with Gasteiger partial charge in [0.15, 0.2) is 5.16 Å². The van der Waals surface area contributed by atoms with E-state index >= 15 is 0 Å². The van der Waals surface area contributed by atoms with Gasteiger partial charge in [-0.1, -0.05) is 42.1 Å². The number of aromatic nitrogens is 3. The van der Waals surface area contributed by atoms with Gasteiger partial charge in [-0.05, 0) is 43.0 Å². The molecule has 0 radical (unpaired) electrons. The Balaban J connectivity index is 1.38. The Labute approximate surface area is 203 Å². The van der Waals surface area contributed by atoms with E-state index in [1.165, 1.54) is 17.8 Å². The standard InChI is InChI=1S/C25H29FN4O3S/c1-32-22-11-5-2-7-18(22)12-13-24(31)27-15-14-23-28-29-25(34-17-19-8-6-16-33-19)30(23)21-10-4-3-9-20(21)26/h2-5,7,9-11,19H,6,8,12-17H2,1H3,(H,27,31). The molecule has 4 rings (SSSR count). The second-order valence-electron chi connectivity index (χ2n) is 8.04. The van der Waals surface area contributed by atoms with Gasteiger partial charge in [0.05, 0.1) is 18.9 Å². The minimum atomic E-state index is -0.344. The quantitative estimate of drug-likeness (QED) is 0.415. The lowest BCUT2D eigenvalue weighted by molar-refractivity contribution is -0.121. The van der Waals surface area contributed by atoms with Gasteiger partial charge >= 0.3 is 0 Å². The predicted octanol–water partition coefficient (Wildman–Crippen LogP) is 3.98. The van der Waals surface area contributed by atoms with E-state index in [-0.39, 0.29) is 17.8 Å². The first-order valence-corrected chi connectivity index (χ1v) is 12.5. The van der Waals surface area contributed by atoms with E-state index in [0.717, 1.165) is 36.5 Å². The molecular formula is C25H29FN4O3S. The number of nitrogens with zero attached hydrogens (tertiary/aromatic N) is 3. The van der Waals surface area contributed by atoms with Gasteiger partial charge in [0.1, 0.15) is 17.4 Å². The van der Waals surface area contributed by atoms with Crippen LogP contribution in [0.25, 0.3) is 5.69 Å². The maximum Gasteiger partial charge on any atom is 0.220 e. The number of benzene rings is 2. The second-order valence-corrected chi connectivity index (χ2v) is 9.03. The average Bonchev–Trinajstić information content (AvgIpc) is 3.52. The van der Waals surface area contributed by atoms with Crippen molar-refractivity contribution in [2.75, 3.05) is 26.0 Å². The van der Waals surface area contributed by atoms with Crippen LogP contribution in [0.1, 0.15) is 30.7 Å². The van der Waals surface area contributed by atoms with E-state index in [1.807, 2.05) is 24.3 Å². The Kier molecular flexibility index (Phi) is 8.54. The number of hydrogen-bond acceptors (Lipinski definition) is 6. The van der Waals surface area contributed by atoms with Crippen LogP contribution in [0.3, 0.4) is 0 Å². The molecule has 0 aliphatic carbocycles. The molecule has 1 atom stereocenters. The van der Waals surface area contributed by atoms with Crippen molar-refractivity contribution in [2.24, 2.45) is 0 Å². The summed E-state index contributed by atoms with van der Waals surface area (Å²) in [5, 5.41) is 12.2. The summed E-state index contributed by atoms with van der Waals surface area (Å²) in [5.41, 5.74) is 1.40. The highest BCUT2D eigenvalue weighted by Gasteiger charge is 2.21. The number of aryl methyl sites for hydroxylation is 1. The number of halogens is 1. The van der Waals surface area contributed by atoms with Crippen molar-refractivity contribution in [2.45, 2.75) is 43.4 Å². The molecule has 7 nitrogen and oxygen atoms in total. The molecular weight excluding hydrogens is 455 g/mol. The lowest BCUT2D eigenvalue weighted by Gasteiger charge is -2.13. The summed E-state index contributed by atoms with van der Waals surface area (Å²) in [4.78, 5) is 12.4. The largest absolute Gasteiger partial charge is 0.496 e. The molecule has 180 valence electrons. The molecule has 1 aliphatic heterocycles. The fraction of sp³-hybridized carbons (Fsp3) is 0.400. The molecule has 1 aromatic heterocycles. The van der Waals surface area contributed by atoms with Gasteiger partial charge in [-0.25, -0.2) is 4.39 Å². The van der Waals surface area contributed by atoms with Crippen LogP contribution in [-0.4, -0.2) is 52.8 Å². The van der Waals surface area contributed by atoms with Crippen LogP contribution in [0.2, 0.25) is 0 Å². The van der Waals surface area contributed by atoms with Crippen LogP contribution in [0.4, 0.5) is 4.39 Å². The summed E-state index contributed by atoms with van der Waals surface area (Å²) in [6, 6.07) is 14.3. The molecule has 0 bridgehead atoms. The van der Waals surface area contributed by atoms with Crippen LogP contribution in [-0.2, 0) is 22.4 Å². The van der Waals surface area contributed by atoms with Crippen LogP contribution in [0.15, 0.2) is 53.7 Å². The van der Waals surface area contributed by atoms with Crippen molar-refractivity contribution in [1.29, 1.82) is 0 Å². The summed E-state index contributed by atoms with van der Waals surface area (Å²) >= 11 is 1.52. The Morgan fingerprint density at radius 3 is 2.82 bits per heavy atom. The minimum absolute atomic E-state index is 0.0594. The van der Waals surface area contributed by atoms with E-state index in [4.69, 9.17) is 9.47 Å². The molecule has 1 N–H and O–H groups in total. The minimum Gasteiger partial charge on any atom is -0.496 e. The third kappa shape index (κ3) is 6.15. The molecule has 34 heavy (non-hydrogen) atoms. The number of ether oxygens (including phenoxy) is 2. The highest BCUT2D eigenvalue weighted by Crippen LogP contribution is 2.27. The van der Waals surface area contributed by atoms with Gasteiger partial charge < -0.3 is 14.8 Å². The smallest absolute Gasteiger partial charge is 0.220 e. The normalized spacial score (nSPS) is 15.4. The van der Waals surface area contributed by atoms with Gasteiger partial charge in [-0.2, -0.15) is 0 Å². The van der Waals surface area contributed by atoms with Crippen molar-refractivity contribution in [3.05, 3.63) is 65.7 Å². The first-order chi connectivity index (χ1) is 16.7. The maximum absolute atomic E-state index is 14.6. The van der Waals surface area contributed by atoms with Crippen LogP contribution < -0.4 is 10.1 Å². The number of methoxy groups -OCH3 is 1. The van der Waals surface area contributed by atoms with E-state index in [9.17, 15) is 9.18 Å². The molecule has 1 amide bonds. The topological polar surface area (TPSA) is 78.3 Å². The molecule has 1 aliphatic rings. The lowest BCUT2D eigenvalue weighted by atomic mass is 10.1. The fourth-order valence-electron chi connectivity index (χ4n) is 3.93. The molecule has 9 heteroatoms. The van der Waals surface area contributed by atoms with Crippen molar-refractivity contribution in [1.82, 2.24) is 20.1 Å². The van der Waals surface area contributed by atoms with Crippen molar-refractivity contribution in [3.8, 4) is 11.4 Å². The van der Waals surface area contributed by atoms with E-state index in [0.29, 0.717) is 42.5 Å². The predicted molar refractivity (Wildman–Crippen MR) is 129 cm³/mol. The molecule has 3 aromatic rings. The van der Waals surface area contributed by atoms with Gasteiger partial charge in [0.2, 0.25) is 5.91 Å². The second kappa shape index (κ2) is 12.0. The first kappa shape index (κ1) is 24.2. The molecule has 1 saturated heterocycles. The zero-order valence-electron chi connectivity index (χ0n) is 19.2. The Morgan fingerprint density at radius 1 is 1.21 bits per heavy atom. The van der Waals surface area contributed by atoms with Gasteiger partial charge in [-0.3, -0.25) is 9.36 Å². The van der Waals surface area contributed by atoms with E-state index in [2.05, 4.69) is 15.5 Å². The van der Waals surface area contributed by atoms with Gasteiger partial charge in [0.25, 0.3) is 0 Å². The van der Waals surface area contributed by atoms with Crippen molar-refractivity contribution in [3.63, 3.8) is 0 Å². The molecule has 2 aromatic carbocycles. The zero-order chi connectivity index (χ0) is 23.8. The van der Waals surface area contributed by atoms with Gasteiger partial charge in [-0.15, -0.1) is 10.2 Å². The number of amides is 1. The number of carbonyl (C=O) groups excluding carboxylic acids is 1. The number of nitrogens with one attached hydrogen (secondary N) is 1. The first-order valence-electron chi connectivity index (χ1n) is 11.5. The molecule has 1 unspecified atom stereocenters. The Hall–Kier alpha value is -2.91. The summed E-state index contributed by atoms with van der Waals surface area (Å²) in [5.74, 6) is 1.72. The third-order valence-corrected chi connectivity index (χ3v) is 6.76. The number of rotatable bonds is 11. The van der Waals surface area contributed by atoms with Crippen molar-refractivity contribution < 1.29 is 18.7 Å². The number of hydrogen-bond donors (Lipinski definition) is 1. The fourth-order valence-corrected chi connectivity index (χ4v) is 4.96. The molecule has 0 saturated carbocycles. The third-order valence-electron chi connectivity index (χ3n) is 5.70. The number of para-hydroxylation sites is 2. The highest BCUT2D eigenvalue weighted by molar-refractivity contribution is 7.99. The van der Waals surface area contributed by atoms with Crippen molar-refractivity contribution >= 4 is 17.7 Å². The van der Waals surface area contributed by atoms with E-state index in [1.54, 1.807) is 29.9 Å². The lowest BCUT2D eigenvalue weighted by Crippen LogP contribution is -2.26. The summed E-state index contributed by atoms with van der Waals surface area (Å²) in [6.07, 6.45) is 3.64. The van der Waals surface area contributed by atoms with Crippen LogP contribution in [0, 0.1) is 5.82 Å². The summed E-state index contributed by atoms with van der Waals surface area (Å²) in [7, 11) is 1.62. The van der Waals surface area contributed by atoms with E-state index < -0.39 is 0 Å². The van der Waals surface area contributed by atoms with Gasteiger partial charge in [0, 0.05) is 31.7 Å². The van der Waals surface area contributed by atoms with Crippen LogP contribution >= 0.6 is 11.8 Å². The summed E-state index contributed by atoms with van der Waals surface area (Å²) < 4.78 is 27.4. The average molecular weight is 485 g/mol. The molecule has 0 spiro atoms. The highest BCUT2D eigenvalue weighted by atomic mass is 32.2. The maximum atomic E-state index is 14.6. The SMILES string of the molecule is COc1ccccc1CCC(=O)NCCc1nnc(SCC2CCCO2)n1-c1ccccc1F. The van der Waals surface area contributed by atoms with Crippen LogP contribution in [0.5, 0.6) is 5.75 Å². The molecule has 1 fully saturated rings. The Morgan fingerprint density at radius 2 is 2.03 bits per heavy atom.